The number of rotatable bonds is 5. The Kier molecular flexibility index (Phi) is 5.43. The van der Waals surface area contributed by atoms with E-state index in [1.807, 2.05) is 0 Å². The Morgan fingerprint density at radius 1 is 1.11 bits per heavy atom. The number of hydrogen-bond donors (Lipinski definition) is 2. The average Bonchev–Trinajstić information content (AvgIpc) is 2.12. The number of nitrogens with one attached hydrogen (secondary N) is 1. The van der Waals surface area contributed by atoms with E-state index in [1.165, 1.54) is 5.32 Å². The third-order valence-corrected chi connectivity index (χ3v) is 1.91. The van der Waals surface area contributed by atoms with Gasteiger partial charge < -0.3 is 10.4 Å². The third kappa shape index (κ3) is 5.73. The second-order valence-corrected chi connectivity index (χ2v) is 3.33. The zero-order valence-electron chi connectivity index (χ0n) is 8.73. The lowest BCUT2D eigenvalue weighted by molar-refractivity contribution is -0.194. The van der Waals surface area contributed by atoms with Crippen LogP contribution in [0.25, 0.3) is 0 Å². The molecular weight excluding hydrogens is 272 g/mol. The molecular formula is C8H9F6NO3. The second kappa shape index (κ2) is 5.91. The lowest BCUT2D eigenvalue weighted by Gasteiger charge is -2.16. The van der Waals surface area contributed by atoms with Gasteiger partial charge in [-0.1, -0.05) is 0 Å². The summed E-state index contributed by atoms with van der Waals surface area (Å²) in [6, 6.07) is 0. The van der Waals surface area contributed by atoms with Crippen LogP contribution in [0.3, 0.4) is 0 Å². The van der Waals surface area contributed by atoms with Crippen LogP contribution >= 0.6 is 0 Å². The van der Waals surface area contributed by atoms with Crippen molar-refractivity contribution < 1.29 is 41.0 Å². The fraction of sp³-hybridized carbons (Fsp3) is 0.750. The van der Waals surface area contributed by atoms with Gasteiger partial charge in [0.05, 0.1) is 0 Å². The molecule has 106 valence electrons. The van der Waals surface area contributed by atoms with Crippen molar-refractivity contribution in [2.24, 2.45) is 5.92 Å². The molecule has 0 aliphatic heterocycles. The van der Waals surface area contributed by atoms with Gasteiger partial charge in [0, 0.05) is 6.54 Å². The summed E-state index contributed by atoms with van der Waals surface area (Å²) in [5.41, 5.74) is 0. The van der Waals surface area contributed by atoms with E-state index in [0.29, 0.717) is 0 Å². The number of carbonyl (C=O) groups excluding carboxylic acids is 1. The number of halogens is 6. The van der Waals surface area contributed by atoms with E-state index in [0.717, 1.165) is 0 Å². The molecule has 0 fully saturated rings. The first-order chi connectivity index (χ1) is 7.96. The van der Waals surface area contributed by atoms with Crippen LogP contribution in [0, 0.1) is 5.92 Å². The highest BCUT2D eigenvalue weighted by molar-refractivity contribution is 5.81. The molecule has 0 spiro atoms. The van der Waals surface area contributed by atoms with E-state index in [4.69, 9.17) is 5.11 Å². The highest BCUT2D eigenvalue weighted by Crippen LogP contribution is 2.29. The molecule has 0 aromatic carbocycles. The molecule has 0 heterocycles. The number of hydrogen-bond acceptors (Lipinski definition) is 2. The molecule has 0 saturated heterocycles. The molecule has 0 radical (unpaired) electrons. The van der Waals surface area contributed by atoms with Crippen molar-refractivity contribution in [3.8, 4) is 0 Å². The molecule has 2 N–H and O–H groups in total. The van der Waals surface area contributed by atoms with E-state index in [-0.39, 0.29) is 0 Å². The van der Waals surface area contributed by atoms with Crippen LogP contribution in [-0.4, -0.2) is 35.9 Å². The zero-order chi connectivity index (χ0) is 14.6. The Morgan fingerprint density at radius 3 is 1.94 bits per heavy atom. The van der Waals surface area contributed by atoms with Crippen molar-refractivity contribution in [3.63, 3.8) is 0 Å². The monoisotopic (exact) mass is 281 g/mol. The molecule has 1 unspecified atom stereocenters. The number of carboxylic acid groups (broad SMARTS) is 1. The van der Waals surface area contributed by atoms with Crippen molar-refractivity contribution in [2.75, 3.05) is 6.54 Å². The van der Waals surface area contributed by atoms with Crippen molar-refractivity contribution >= 4 is 11.9 Å². The molecule has 0 aromatic rings. The lowest BCUT2D eigenvalue weighted by Crippen LogP contribution is -2.38. The molecule has 0 aromatic heterocycles. The van der Waals surface area contributed by atoms with Gasteiger partial charge in [0.15, 0.2) is 5.92 Å². The van der Waals surface area contributed by atoms with Crippen LogP contribution in [0.15, 0.2) is 0 Å². The third-order valence-electron chi connectivity index (χ3n) is 1.91. The zero-order valence-corrected chi connectivity index (χ0v) is 8.73. The van der Waals surface area contributed by atoms with Crippen LogP contribution in [-0.2, 0) is 9.59 Å². The Bertz CT molecular complexity index is 311. The van der Waals surface area contributed by atoms with E-state index >= 15 is 0 Å². The molecule has 0 aliphatic rings. The largest absolute Gasteiger partial charge is 0.481 e. The number of amides is 1. The minimum Gasteiger partial charge on any atom is -0.481 e. The Labute approximate surface area is 97.0 Å². The fourth-order valence-electron chi connectivity index (χ4n) is 1.04. The van der Waals surface area contributed by atoms with Crippen molar-refractivity contribution in [2.45, 2.75) is 25.2 Å². The summed E-state index contributed by atoms with van der Waals surface area (Å²) in [6.07, 6.45) is -11.5. The van der Waals surface area contributed by atoms with E-state index in [1.54, 1.807) is 0 Å². The molecule has 1 atom stereocenters. The fourth-order valence-corrected chi connectivity index (χ4v) is 1.04. The summed E-state index contributed by atoms with van der Waals surface area (Å²) in [7, 11) is 0. The second-order valence-electron chi connectivity index (χ2n) is 3.33. The van der Waals surface area contributed by atoms with Crippen LogP contribution in [0.5, 0.6) is 0 Å². The summed E-state index contributed by atoms with van der Waals surface area (Å²) in [6.45, 7) is -0.682. The number of carbonyl (C=O) groups is 2. The molecule has 18 heavy (non-hydrogen) atoms. The van der Waals surface area contributed by atoms with Gasteiger partial charge >= 0.3 is 24.2 Å². The smallest absolute Gasteiger partial charge is 0.471 e. The van der Waals surface area contributed by atoms with Crippen LogP contribution in [0.4, 0.5) is 26.3 Å². The van der Waals surface area contributed by atoms with Gasteiger partial charge in [-0.15, -0.1) is 0 Å². The molecule has 0 rings (SSSR count). The molecule has 0 aliphatic carbocycles. The van der Waals surface area contributed by atoms with Crippen LogP contribution in [0.2, 0.25) is 0 Å². The molecule has 4 nitrogen and oxygen atoms in total. The standard InChI is InChI=1S/C8H9F6NO3/c9-7(10,11)4(5(16)17)2-1-3-15-6(18)8(12,13)14/h4H,1-3H2,(H,15,18)(H,16,17). The molecule has 0 bridgehead atoms. The highest BCUT2D eigenvalue weighted by atomic mass is 19.4. The maximum atomic E-state index is 12.1. The van der Waals surface area contributed by atoms with Gasteiger partial charge in [-0.25, -0.2) is 0 Å². The van der Waals surface area contributed by atoms with Crippen molar-refractivity contribution in [1.29, 1.82) is 0 Å². The van der Waals surface area contributed by atoms with E-state index < -0.39 is 49.5 Å². The van der Waals surface area contributed by atoms with E-state index in [9.17, 15) is 35.9 Å². The number of aliphatic carboxylic acids is 1. The predicted octanol–water partition coefficient (Wildman–Crippen LogP) is 1.71. The van der Waals surface area contributed by atoms with E-state index in [2.05, 4.69) is 0 Å². The minimum absolute atomic E-state index is 0.529. The first kappa shape index (κ1) is 16.5. The first-order valence-electron chi connectivity index (χ1n) is 4.60. The topological polar surface area (TPSA) is 66.4 Å². The van der Waals surface area contributed by atoms with Crippen molar-refractivity contribution in [3.05, 3.63) is 0 Å². The SMILES string of the molecule is O=C(O)C(CCCNC(=O)C(F)(F)F)C(F)(F)F. The highest BCUT2D eigenvalue weighted by Gasteiger charge is 2.44. The van der Waals surface area contributed by atoms with Gasteiger partial charge in [0.2, 0.25) is 0 Å². The summed E-state index contributed by atoms with van der Waals surface area (Å²) in [4.78, 5) is 20.5. The molecule has 10 heteroatoms. The first-order valence-corrected chi connectivity index (χ1v) is 4.60. The number of alkyl halides is 6. The lowest BCUT2D eigenvalue weighted by atomic mass is 10.0. The summed E-state index contributed by atoms with van der Waals surface area (Å²) >= 11 is 0. The van der Waals surface area contributed by atoms with Crippen molar-refractivity contribution in [1.82, 2.24) is 5.32 Å². The van der Waals surface area contributed by atoms with Gasteiger partial charge in [-0.05, 0) is 12.8 Å². The van der Waals surface area contributed by atoms with Crippen LogP contribution < -0.4 is 5.32 Å². The maximum Gasteiger partial charge on any atom is 0.471 e. The summed E-state index contributed by atoms with van der Waals surface area (Å²) < 4.78 is 71.3. The maximum absolute atomic E-state index is 12.1. The molecule has 0 saturated carbocycles. The predicted molar refractivity (Wildman–Crippen MR) is 45.5 cm³/mol. The minimum atomic E-state index is -5.11. The van der Waals surface area contributed by atoms with Gasteiger partial charge in [0.25, 0.3) is 0 Å². The normalized spacial score (nSPS) is 14.1. The Morgan fingerprint density at radius 2 is 1.61 bits per heavy atom. The van der Waals surface area contributed by atoms with Gasteiger partial charge in [0.1, 0.15) is 0 Å². The number of carboxylic acids is 1. The molecule has 1 amide bonds. The van der Waals surface area contributed by atoms with Crippen LogP contribution in [0.1, 0.15) is 12.8 Å². The van der Waals surface area contributed by atoms with Gasteiger partial charge in [-0.3, -0.25) is 9.59 Å². The van der Waals surface area contributed by atoms with Gasteiger partial charge in [-0.2, -0.15) is 26.3 Å². The quantitative estimate of drug-likeness (QED) is 0.595. The average molecular weight is 281 g/mol. The summed E-state index contributed by atoms with van der Waals surface area (Å²) in [5.74, 6) is -7.04. The summed E-state index contributed by atoms with van der Waals surface area (Å²) in [5, 5.41) is 9.60. The Hall–Kier alpha value is -1.48. The Balaban J connectivity index is 4.11.